The SMILES string of the molecule is CC(C)(C)N1CCC(CCl)C(Cl)(Cl)C1=O. The molecule has 1 unspecified atom stereocenters. The molecule has 0 aromatic rings. The molecule has 1 aliphatic heterocycles. The van der Waals surface area contributed by atoms with E-state index in [1.54, 1.807) is 4.90 Å². The van der Waals surface area contributed by atoms with Crippen molar-refractivity contribution in [2.45, 2.75) is 37.1 Å². The number of rotatable bonds is 1. The number of nitrogens with zero attached hydrogens (tertiary/aromatic N) is 1. The van der Waals surface area contributed by atoms with Crippen LogP contribution < -0.4 is 0 Å². The molecular formula is C10H16Cl3NO. The van der Waals surface area contributed by atoms with Crippen molar-refractivity contribution in [3.05, 3.63) is 0 Å². The van der Waals surface area contributed by atoms with Gasteiger partial charge in [-0.3, -0.25) is 4.79 Å². The van der Waals surface area contributed by atoms with Crippen molar-refractivity contribution < 1.29 is 4.79 Å². The van der Waals surface area contributed by atoms with Gasteiger partial charge in [0.15, 0.2) is 4.33 Å². The summed E-state index contributed by atoms with van der Waals surface area (Å²) in [4.78, 5) is 13.8. The van der Waals surface area contributed by atoms with E-state index in [4.69, 9.17) is 34.8 Å². The Balaban J connectivity index is 2.92. The van der Waals surface area contributed by atoms with Crippen molar-refractivity contribution in [1.82, 2.24) is 4.90 Å². The van der Waals surface area contributed by atoms with Crippen LogP contribution in [0.2, 0.25) is 0 Å². The molecule has 1 aliphatic rings. The van der Waals surface area contributed by atoms with Crippen LogP contribution in [0.4, 0.5) is 0 Å². The third-order valence-corrected chi connectivity index (χ3v) is 4.05. The molecule has 0 bridgehead atoms. The van der Waals surface area contributed by atoms with E-state index >= 15 is 0 Å². The molecular weight excluding hydrogens is 256 g/mol. The Bertz CT molecular complexity index is 260. The number of hydrogen-bond acceptors (Lipinski definition) is 1. The molecule has 88 valence electrons. The number of hydrogen-bond donors (Lipinski definition) is 0. The predicted octanol–water partition coefficient (Wildman–Crippen LogP) is 3.05. The van der Waals surface area contributed by atoms with Gasteiger partial charge in [-0.15, -0.1) is 11.6 Å². The highest BCUT2D eigenvalue weighted by Gasteiger charge is 2.50. The number of piperidine rings is 1. The lowest BCUT2D eigenvalue weighted by molar-refractivity contribution is -0.141. The van der Waals surface area contributed by atoms with Crippen molar-refractivity contribution in [2.75, 3.05) is 12.4 Å². The van der Waals surface area contributed by atoms with Gasteiger partial charge < -0.3 is 4.90 Å². The fourth-order valence-corrected chi connectivity index (χ4v) is 2.86. The lowest BCUT2D eigenvalue weighted by Gasteiger charge is -2.45. The van der Waals surface area contributed by atoms with Gasteiger partial charge in [0.05, 0.1) is 0 Å². The summed E-state index contributed by atoms with van der Waals surface area (Å²) >= 11 is 17.9. The van der Waals surface area contributed by atoms with Crippen molar-refractivity contribution in [2.24, 2.45) is 5.92 Å². The fourth-order valence-electron chi connectivity index (χ4n) is 1.74. The fraction of sp³-hybridized carbons (Fsp3) is 0.900. The monoisotopic (exact) mass is 271 g/mol. The second kappa shape index (κ2) is 4.31. The Morgan fingerprint density at radius 2 is 2.00 bits per heavy atom. The minimum atomic E-state index is -1.37. The standard InChI is InChI=1S/C10H16Cl3NO/c1-9(2,3)14-5-4-7(6-11)10(12,13)8(14)15/h7H,4-6H2,1-3H3. The molecule has 1 heterocycles. The Labute approximate surface area is 106 Å². The van der Waals surface area contributed by atoms with Gasteiger partial charge in [0.25, 0.3) is 5.91 Å². The second-order valence-electron chi connectivity index (χ2n) is 4.89. The molecule has 15 heavy (non-hydrogen) atoms. The van der Waals surface area contributed by atoms with E-state index < -0.39 is 4.33 Å². The van der Waals surface area contributed by atoms with Crippen LogP contribution in [0.25, 0.3) is 0 Å². The lowest BCUT2D eigenvalue weighted by Crippen LogP contribution is -2.58. The molecule has 0 saturated carbocycles. The van der Waals surface area contributed by atoms with Gasteiger partial charge in [-0.2, -0.15) is 0 Å². The Hall–Kier alpha value is 0.340. The van der Waals surface area contributed by atoms with Gasteiger partial charge in [-0.25, -0.2) is 0 Å². The van der Waals surface area contributed by atoms with Crippen LogP contribution >= 0.6 is 34.8 Å². The van der Waals surface area contributed by atoms with E-state index in [1.165, 1.54) is 0 Å². The maximum atomic E-state index is 12.1. The van der Waals surface area contributed by atoms with Gasteiger partial charge in [-0.05, 0) is 27.2 Å². The Morgan fingerprint density at radius 1 is 1.47 bits per heavy atom. The highest BCUT2D eigenvalue weighted by molar-refractivity contribution is 6.58. The van der Waals surface area contributed by atoms with E-state index in [0.717, 1.165) is 6.42 Å². The number of likely N-dealkylation sites (tertiary alicyclic amines) is 1. The first-order valence-corrected chi connectivity index (χ1v) is 6.26. The van der Waals surface area contributed by atoms with Crippen LogP contribution in [0.1, 0.15) is 27.2 Å². The summed E-state index contributed by atoms with van der Waals surface area (Å²) in [7, 11) is 0. The molecule has 0 aromatic carbocycles. The van der Waals surface area contributed by atoms with E-state index in [-0.39, 0.29) is 17.4 Å². The Kier molecular flexibility index (Phi) is 3.85. The number of carbonyl (C=O) groups is 1. The smallest absolute Gasteiger partial charge is 0.259 e. The molecule has 5 heteroatoms. The topological polar surface area (TPSA) is 20.3 Å². The summed E-state index contributed by atoms with van der Waals surface area (Å²) in [5, 5.41) is 0. The quantitative estimate of drug-likeness (QED) is 0.672. The van der Waals surface area contributed by atoms with E-state index in [0.29, 0.717) is 12.4 Å². The predicted molar refractivity (Wildman–Crippen MR) is 64.7 cm³/mol. The summed E-state index contributed by atoms with van der Waals surface area (Å²) < 4.78 is -1.37. The molecule has 0 radical (unpaired) electrons. The van der Waals surface area contributed by atoms with Crippen LogP contribution in [-0.2, 0) is 4.79 Å². The van der Waals surface area contributed by atoms with Gasteiger partial charge in [0, 0.05) is 23.9 Å². The van der Waals surface area contributed by atoms with Gasteiger partial charge in [-0.1, -0.05) is 23.2 Å². The second-order valence-corrected chi connectivity index (χ2v) is 6.58. The van der Waals surface area contributed by atoms with Gasteiger partial charge in [0.2, 0.25) is 0 Å². The van der Waals surface area contributed by atoms with Crippen LogP contribution in [-0.4, -0.2) is 33.1 Å². The number of amides is 1. The van der Waals surface area contributed by atoms with E-state index in [2.05, 4.69) is 0 Å². The van der Waals surface area contributed by atoms with Crippen molar-refractivity contribution in [3.8, 4) is 0 Å². The molecule has 1 amide bonds. The molecule has 0 aliphatic carbocycles. The van der Waals surface area contributed by atoms with Crippen LogP contribution in [0.15, 0.2) is 0 Å². The average Bonchev–Trinajstić information content (AvgIpc) is 2.07. The largest absolute Gasteiger partial charge is 0.335 e. The minimum Gasteiger partial charge on any atom is -0.335 e. The van der Waals surface area contributed by atoms with Gasteiger partial charge >= 0.3 is 0 Å². The van der Waals surface area contributed by atoms with Crippen LogP contribution in [0, 0.1) is 5.92 Å². The molecule has 0 aromatic heterocycles. The third kappa shape index (κ3) is 2.54. The average molecular weight is 273 g/mol. The summed E-state index contributed by atoms with van der Waals surface area (Å²) in [6, 6.07) is 0. The zero-order chi connectivity index (χ0) is 11.9. The van der Waals surface area contributed by atoms with Crippen molar-refractivity contribution in [1.29, 1.82) is 0 Å². The molecule has 1 atom stereocenters. The van der Waals surface area contributed by atoms with Crippen LogP contribution in [0.5, 0.6) is 0 Å². The molecule has 2 nitrogen and oxygen atoms in total. The summed E-state index contributed by atoms with van der Waals surface area (Å²) in [5.74, 6) is -0.0691. The summed E-state index contributed by atoms with van der Waals surface area (Å²) in [5.41, 5.74) is -0.247. The minimum absolute atomic E-state index is 0.159. The highest BCUT2D eigenvalue weighted by atomic mass is 35.5. The number of halogens is 3. The van der Waals surface area contributed by atoms with E-state index in [9.17, 15) is 4.79 Å². The first-order chi connectivity index (χ1) is 6.71. The van der Waals surface area contributed by atoms with Crippen molar-refractivity contribution in [3.63, 3.8) is 0 Å². The molecule has 1 fully saturated rings. The number of carbonyl (C=O) groups excluding carboxylic acids is 1. The summed E-state index contributed by atoms with van der Waals surface area (Å²) in [6.07, 6.45) is 0.750. The van der Waals surface area contributed by atoms with Crippen LogP contribution in [0.3, 0.4) is 0 Å². The maximum Gasteiger partial charge on any atom is 0.259 e. The molecule has 0 spiro atoms. The lowest BCUT2D eigenvalue weighted by atomic mass is 9.93. The molecule has 1 rings (SSSR count). The zero-order valence-corrected chi connectivity index (χ0v) is 11.5. The van der Waals surface area contributed by atoms with Crippen molar-refractivity contribution >= 4 is 40.7 Å². The molecule has 0 N–H and O–H groups in total. The Morgan fingerprint density at radius 3 is 2.40 bits per heavy atom. The first kappa shape index (κ1) is 13.4. The highest BCUT2D eigenvalue weighted by Crippen LogP contribution is 2.41. The summed E-state index contributed by atoms with van der Waals surface area (Å²) in [6.45, 7) is 6.57. The number of alkyl halides is 3. The normalized spacial score (nSPS) is 26.9. The van der Waals surface area contributed by atoms with Gasteiger partial charge in [0.1, 0.15) is 0 Å². The third-order valence-electron chi connectivity index (χ3n) is 2.74. The maximum absolute atomic E-state index is 12.1. The first-order valence-electron chi connectivity index (χ1n) is 4.97. The zero-order valence-electron chi connectivity index (χ0n) is 9.19. The molecule has 1 saturated heterocycles. The van der Waals surface area contributed by atoms with E-state index in [1.807, 2.05) is 20.8 Å².